The molecule has 0 aliphatic heterocycles. The van der Waals surface area contributed by atoms with Crippen molar-refractivity contribution in [3.63, 3.8) is 0 Å². The van der Waals surface area contributed by atoms with Crippen LogP contribution in [0, 0.1) is 5.82 Å². The van der Waals surface area contributed by atoms with E-state index in [1.54, 1.807) is 48.8 Å². The number of aromatic nitrogens is 2. The van der Waals surface area contributed by atoms with Gasteiger partial charge in [-0.25, -0.2) is 4.39 Å². The first-order valence-electron chi connectivity index (χ1n) is 6.66. The van der Waals surface area contributed by atoms with Crippen molar-refractivity contribution in [3.8, 4) is 11.3 Å². The molecule has 0 unspecified atom stereocenters. The zero-order valence-electron chi connectivity index (χ0n) is 11.5. The van der Waals surface area contributed by atoms with Crippen molar-refractivity contribution in [2.24, 2.45) is 0 Å². The number of pyridine rings is 2. The Morgan fingerprint density at radius 2 is 1.95 bits per heavy atom. The van der Waals surface area contributed by atoms with Gasteiger partial charge in [-0.3, -0.25) is 14.8 Å². The fourth-order valence-corrected chi connectivity index (χ4v) is 1.99. The Labute approximate surface area is 126 Å². The number of carbonyl (C=O) groups excluding carboxylic acids is 1. The summed E-state index contributed by atoms with van der Waals surface area (Å²) in [6.45, 7) is 0. The van der Waals surface area contributed by atoms with Gasteiger partial charge >= 0.3 is 0 Å². The van der Waals surface area contributed by atoms with E-state index in [2.05, 4.69) is 15.3 Å². The highest BCUT2D eigenvalue weighted by Crippen LogP contribution is 2.18. The van der Waals surface area contributed by atoms with Crippen LogP contribution in [0.2, 0.25) is 0 Å². The van der Waals surface area contributed by atoms with Crippen LogP contribution in [-0.4, -0.2) is 15.9 Å². The molecule has 1 aromatic carbocycles. The third-order valence-corrected chi connectivity index (χ3v) is 3.07. The fraction of sp³-hybridized carbons (Fsp3) is 0. The number of nitrogens with zero attached hydrogens (tertiary/aromatic N) is 2. The lowest BCUT2D eigenvalue weighted by Crippen LogP contribution is -2.12. The lowest BCUT2D eigenvalue weighted by atomic mass is 10.1. The molecule has 1 N–H and O–H groups in total. The van der Waals surface area contributed by atoms with Crippen molar-refractivity contribution in [2.45, 2.75) is 0 Å². The molecule has 5 heteroatoms. The van der Waals surface area contributed by atoms with Gasteiger partial charge < -0.3 is 5.32 Å². The van der Waals surface area contributed by atoms with E-state index in [4.69, 9.17) is 0 Å². The highest BCUT2D eigenvalue weighted by molar-refractivity contribution is 6.04. The number of amides is 1. The molecule has 22 heavy (non-hydrogen) atoms. The number of nitrogens with one attached hydrogen (secondary N) is 1. The van der Waals surface area contributed by atoms with Crippen LogP contribution < -0.4 is 5.32 Å². The molecule has 1 amide bonds. The summed E-state index contributed by atoms with van der Waals surface area (Å²) < 4.78 is 13.2. The fourth-order valence-electron chi connectivity index (χ4n) is 1.99. The Morgan fingerprint density at radius 1 is 1.05 bits per heavy atom. The van der Waals surface area contributed by atoms with Crippen LogP contribution >= 0.6 is 0 Å². The van der Waals surface area contributed by atoms with Crippen LogP contribution in [-0.2, 0) is 0 Å². The molecule has 108 valence electrons. The van der Waals surface area contributed by atoms with Gasteiger partial charge in [0.25, 0.3) is 5.91 Å². The van der Waals surface area contributed by atoms with Crippen molar-refractivity contribution in [2.75, 3.05) is 5.32 Å². The van der Waals surface area contributed by atoms with Gasteiger partial charge in [0.2, 0.25) is 0 Å². The van der Waals surface area contributed by atoms with Gasteiger partial charge in [-0.15, -0.1) is 0 Å². The maximum absolute atomic E-state index is 13.2. The van der Waals surface area contributed by atoms with Gasteiger partial charge in [-0.1, -0.05) is 12.1 Å². The summed E-state index contributed by atoms with van der Waals surface area (Å²) in [6, 6.07) is 13.0. The number of anilines is 1. The highest BCUT2D eigenvalue weighted by Gasteiger charge is 2.08. The summed E-state index contributed by atoms with van der Waals surface area (Å²) in [5.74, 6) is -0.594. The molecular weight excluding hydrogens is 281 g/mol. The summed E-state index contributed by atoms with van der Waals surface area (Å²) in [4.78, 5) is 20.2. The second-order valence-corrected chi connectivity index (χ2v) is 4.64. The van der Waals surface area contributed by atoms with E-state index in [-0.39, 0.29) is 11.7 Å². The molecule has 0 aliphatic carbocycles. The van der Waals surface area contributed by atoms with Gasteiger partial charge in [0.05, 0.1) is 23.1 Å². The number of rotatable bonds is 3. The first-order valence-corrected chi connectivity index (χ1v) is 6.66. The average molecular weight is 293 g/mol. The topological polar surface area (TPSA) is 54.9 Å². The van der Waals surface area contributed by atoms with Crippen molar-refractivity contribution < 1.29 is 9.18 Å². The molecule has 2 heterocycles. The van der Waals surface area contributed by atoms with E-state index in [1.807, 2.05) is 0 Å². The minimum atomic E-state index is -0.322. The first kappa shape index (κ1) is 13.9. The predicted molar refractivity (Wildman–Crippen MR) is 81.8 cm³/mol. The Morgan fingerprint density at radius 3 is 2.64 bits per heavy atom. The third kappa shape index (κ3) is 3.15. The lowest BCUT2D eigenvalue weighted by molar-refractivity contribution is 0.102. The zero-order valence-corrected chi connectivity index (χ0v) is 11.5. The maximum Gasteiger partial charge on any atom is 0.257 e. The molecule has 3 aromatic rings. The predicted octanol–water partition coefficient (Wildman–Crippen LogP) is 3.54. The summed E-state index contributed by atoms with van der Waals surface area (Å²) in [5, 5.41) is 2.73. The highest BCUT2D eigenvalue weighted by atomic mass is 19.1. The second-order valence-electron chi connectivity index (χ2n) is 4.64. The van der Waals surface area contributed by atoms with E-state index in [0.717, 1.165) is 0 Å². The summed E-state index contributed by atoms with van der Waals surface area (Å²) in [5.41, 5.74) is 2.31. The quantitative estimate of drug-likeness (QED) is 0.803. The summed E-state index contributed by atoms with van der Waals surface area (Å²) in [7, 11) is 0. The number of carbonyl (C=O) groups is 1. The van der Waals surface area contributed by atoms with Crippen LogP contribution in [0.15, 0.2) is 67.1 Å². The SMILES string of the molecule is O=C(Nc1cccnc1)c1ccc(-c2cccc(F)c2)nc1. The van der Waals surface area contributed by atoms with Crippen LogP contribution in [0.25, 0.3) is 11.3 Å². The van der Waals surface area contributed by atoms with E-state index in [9.17, 15) is 9.18 Å². The molecule has 0 aliphatic rings. The largest absolute Gasteiger partial charge is 0.321 e. The Balaban J connectivity index is 1.78. The molecule has 0 radical (unpaired) electrons. The first-order chi connectivity index (χ1) is 10.7. The zero-order chi connectivity index (χ0) is 15.4. The standard InChI is InChI=1S/C17H12FN3O/c18-14-4-1-3-12(9-14)16-7-6-13(10-20-16)17(22)21-15-5-2-8-19-11-15/h1-11H,(H,21,22). The molecule has 0 fully saturated rings. The lowest BCUT2D eigenvalue weighted by Gasteiger charge is -2.05. The van der Waals surface area contributed by atoms with E-state index in [0.29, 0.717) is 22.5 Å². The van der Waals surface area contributed by atoms with Crippen molar-refractivity contribution in [3.05, 3.63) is 78.5 Å². The van der Waals surface area contributed by atoms with Crippen molar-refractivity contribution >= 4 is 11.6 Å². The Kier molecular flexibility index (Phi) is 3.87. The molecular formula is C17H12FN3O. The number of benzene rings is 1. The number of hydrogen-bond acceptors (Lipinski definition) is 3. The summed E-state index contributed by atoms with van der Waals surface area (Å²) >= 11 is 0. The Bertz CT molecular complexity index is 789. The van der Waals surface area contributed by atoms with Gasteiger partial charge in [0, 0.05) is 18.0 Å². The van der Waals surface area contributed by atoms with Crippen molar-refractivity contribution in [1.29, 1.82) is 0 Å². The van der Waals surface area contributed by atoms with Crippen LogP contribution in [0.3, 0.4) is 0 Å². The molecule has 0 atom stereocenters. The molecule has 0 saturated carbocycles. The molecule has 4 nitrogen and oxygen atoms in total. The van der Waals surface area contributed by atoms with Gasteiger partial charge in [-0.05, 0) is 36.4 Å². The van der Waals surface area contributed by atoms with E-state index < -0.39 is 0 Å². The van der Waals surface area contributed by atoms with E-state index >= 15 is 0 Å². The van der Waals surface area contributed by atoms with Gasteiger partial charge in [-0.2, -0.15) is 0 Å². The van der Waals surface area contributed by atoms with Crippen molar-refractivity contribution in [1.82, 2.24) is 9.97 Å². The van der Waals surface area contributed by atoms with Crippen LogP contribution in [0.5, 0.6) is 0 Å². The molecule has 2 aromatic heterocycles. The van der Waals surface area contributed by atoms with Crippen LogP contribution in [0.4, 0.5) is 10.1 Å². The third-order valence-electron chi connectivity index (χ3n) is 3.07. The molecule has 0 bridgehead atoms. The number of hydrogen-bond donors (Lipinski definition) is 1. The van der Waals surface area contributed by atoms with Gasteiger partial charge in [0.15, 0.2) is 0 Å². The smallest absolute Gasteiger partial charge is 0.257 e. The van der Waals surface area contributed by atoms with Crippen LogP contribution in [0.1, 0.15) is 10.4 Å². The monoisotopic (exact) mass is 293 g/mol. The summed E-state index contributed by atoms with van der Waals surface area (Å²) in [6.07, 6.45) is 4.66. The number of halogens is 1. The minimum absolute atomic E-state index is 0.272. The Hall–Kier alpha value is -3.08. The maximum atomic E-state index is 13.2. The molecule has 0 spiro atoms. The normalized spacial score (nSPS) is 10.2. The average Bonchev–Trinajstić information content (AvgIpc) is 2.56. The minimum Gasteiger partial charge on any atom is -0.321 e. The van der Waals surface area contributed by atoms with E-state index in [1.165, 1.54) is 18.3 Å². The molecule has 0 saturated heterocycles. The van der Waals surface area contributed by atoms with Gasteiger partial charge in [0.1, 0.15) is 5.82 Å². The second kappa shape index (κ2) is 6.13. The molecule has 3 rings (SSSR count).